The molecule has 82 valence electrons. The van der Waals surface area contributed by atoms with Crippen LogP contribution in [0, 0.1) is 0 Å². The molecular formula is C11H23BO2. The highest BCUT2D eigenvalue weighted by Gasteiger charge is 1.98. The highest BCUT2D eigenvalue weighted by molar-refractivity contribution is 6.33. The zero-order valence-electron chi connectivity index (χ0n) is 9.43. The molecule has 14 heavy (non-hydrogen) atoms. The average Bonchev–Trinajstić information content (AvgIpc) is 2.21. The van der Waals surface area contributed by atoms with Crippen molar-refractivity contribution in [2.45, 2.75) is 58.1 Å². The van der Waals surface area contributed by atoms with Crippen LogP contribution in [0.5, 0.6) is 0 Å². The number of carbonyl (C=O) groups is 1. The minimum Gasteiger partial charge on any atom is -0.389 e. The van der Waals surface area contributed by atoms with Gasteiger partial charge in [-0.15, -0.1) is 0 Å². The average molecular weight is 198 g/mol. The summed E-state index contributed by atoms with van der Waals surface area (Å²) in [5.74, 6) is -0.0176. The maximum atomic E-state index is 10.7. The van der Waals surface area contributed by atoms with E-state index in [1.54, 1.807) is 0 Å². The van der Waals surface area contributed by atoms with Crippen LogP contribution in [0.1, 0.15) is 44.9 Å². The monoisotopic (exact) mass is 198 g/mol. The molecule has 0 heterocycles. The van der Waals surface area contributed by atoms with Crippen molar-refractivity contribution >= 4 is 13.1 Å². The van der Waals surface area contributed by atoms with E-state index in [4.69, 9.17) is 5.11 Å². The topological polar surface area (TPSA) is 37.3 Å². The van der Waals surface area contributed by atoms with Crippen molar-refractivity contribution in [2.75, 3.05) is 6.61 Å². The fourth-order valence-electron chi connectivity index (χ4n) is 1.54. The van der Waals surface area contributed by atoms with Crippen LogP contribution in [-0.4, -0.2) is 24.8 Å². The summed E-state index contributed by atoms with van der Waals surface area (Å²) in [7, 11) is 1.30. The summed E-state index contributed by atoms with van der Waals surface area (Å²) in [5.41, 5.74) is 0. The zero-order chi connectivity index (χ0) is 10.6. The van der Waals surface area contributed by atoms with Gasteiger partial charge in [0, 0.05) is 6.42 Å². The Morgan fingerprint density at radius 2 is 1.64 bits per heavy atom. The molecule has 0 atom stereocenters. The lowest BCUT2D eigenvalue weighted by atomic mass is 9.76. The third kappa shape index (κ3) is 9.78. The largest absolute Gasteiger partial charge is 0.389 e. The van der Waals surface area contributed by atoms with Gasteiger partial charge in [-0.05, 0) is 6.42 Å². The number of aliphatic hydroxyl groups is 1. The van der Waals surface area contributed by atoms with Crippen LogP contribution in [0.25, 0.3) is 0 Å². The minimum absolute atomic E-state index is 0.0176. The number of rotatable bonds is 10. The summed E-state index contributed by atoms with van der Waals surface area (Å²) in [6.07, 6.45) is 9.23. The highest BCUT2D eigenvalue weighted by Crippen LogP contribution is 2.08. The Morgan fingerprint density at radius 1 is 1.07 bits per heavy atom. The van der Waals surface area contributed by atoms with Crippen molar-refractivity contribution in [3.8, 4) is 0 Å². The first-order valence-electron chi connectivity index (χ1n) is 5.93. The number of Topliss-reactive ketones (excluding diaryl/α,β-unsaturated/α-hetero) is 1. The number of aliphatic hydroxyl groups excluding tert-OH is 1. The lowest BCUT2D eigenvalue weighted by molar-refractivity contribution is -0.121. The molecule has 0 rings (SSSR count). The summed E-state index contributed by atoms with van der Waals surface area (Å²) >= 11 is 0. The lowest BCUT2D eigenvalue weighted by Crippen LogP contribution is -2.02. The first-order chi connectivity index (χ1) is 6.81. The van der Waals surface area contributed by atoms with Crippen LogP contribution < -0.4 is 0 Å². The summed E-state index contributed by atoms with van der Waals surface area (Å²) < 4.78 is 0. The molecule has 0 aliphatic heterocycles. The van der Waals surface area contributed by atoms with Gasteiger partial charge in [0.1, 0.15) is 13.9 Å². The molecule has 1 N–H and O–H groups in total. The maximum Gasteiger partial charge on any atom is 0.158 e. The molecule has 0 aromatic carbocycles. The van der Waals surface area contributed by atoms with Crippen LogP contribution >= 0.6 is 0 Å². The SMILES string of the molecule is CBCCCCCCCCC(=O)CO. The molecule has 0 aliphatic rings. The Labute approximate surface area is 88.3 Å². The van der Waals surface area contributed by atoms with Crippen molar-refractivity contribution in [1.29, 1.82) is 0 Å². The van der Waals surface area contributed by atoms with Crippen molar-refractivity contribution < 1.29 is 9.90 Å². The van der Waals surface area contributed by atoms with Crippen molar-refractivity contribution in [1.82, 2.24) is 0 Å². The van der Waals surface area contributed by atoms with Crippen LogP contribution in [0.15, 0.2) is 0 Å². The van der Waals surface area contributed by atoms with E-state index in [0.29, 0.717) is 6.42 Å². The van der Waals surface area contributed by atoms with E-state index < -0.39 is 0 Å². The number of hydrogen-bond donors (Lipinski definition) is 1. The van der Waals surface area contributed by atoms with Gasteiger partial charge in [0.05, 0.1) is 0 Å². The van der Waals surface area contributed by atoms with Crippen LogP contribution in [0.4, 0.5) is 0 Å². The second kappa shape index (κ2) is 10.8. The zero-order valence-corrected chi connectivity index (χ0v) is 9.43. The smallest absolute Gasteiger partial charge is 0.158 e. The van der Waals surface area contributed by atoms with E-state index in [1.165, 1.54) is 39.3 Å². The van der Waals surface area contributed by atoms with Gasteiger partial charge in [-0.25, -0.2) is 0 Å². The molecule has 0 radical (unpaired) electrons. The third-order valence-corrected chi connectivity index (χ3v) is 2.49. The van der Waals surface area contributed by atoms with Gasteiger partial charge in [0.25, 0.3) is 0 Å². The standard InChI is InChI=1S/C11H23BO2/c1-12-9-7-5-3-2-4-6-8-11(14)10-13/h12-13H,2-10H2,1H3. The molecular weight excluding hydrogens is 175 g/mol. The molecule has 0 spiro atoms. The van der Waals surface area contributed by atoms with Gasteiger partial charge >= 0.3 is 0 Å². The Morgan fingerprint density at radius 3 is 2.21 bits per heavy atom. The second-order valence-electron chi connectivity index (χ2n) is 3.92. The number of ketones is 1. The number of unbranched alkanes of at least 4 members (excludes halogenated alkanes) is 5. The van der Waals surface area contributed by atoms with Crippen LogP contribution in [0.3, 0.4) is 0 Å². The number of carbonyl (C=O) groups excluding carboxylic acids is 1. The molecule has 0 fully saturated rings. The molecule has 0 bridgehead atoms. The quantitative estimate of drug-likeness (QED) is 0.431. The molecule has 2 nitrogen and oxygen atoms in total. The van der Waals surface area contributed by atoms with Crippen LogP contribution in [0.2, 0.25) is 13.1 Å². The molecule has 3 heteroatoms. The first kappa shape index (κ1) is 13.7. The molecule has 0 saturated heterocycles. The predicted molar refractivity (Wildman–Crippen MR) is 62.2 cm³/mol. The summed E-state index contributed by atoms with van der Waals surface area (Å²) in [6, 6.07) is 0. The molecule has 0 aliphatic carbocycles. The van der Waals surface area contributed by atoms with Crippen molar-refractivity contribution in [2.24, 2.45) is 0 Å². The Bertz CT molecular complexity index is 137. The Kier molecular flexibility index (Phi) is 10.5. The van der Waals surface area contributed by atoms with E-state index in [2.05, 4.69) is 6.82 Å². The molecule has 0 amide bonds. The summed E-state index contributed by atoms with van der Waals surface area (Å²) in [6.45, 7) is 1.94. The lowest BCUT2D eigenvalue weighted by Gasteiger charge is -2.00. The first-order valence-corrected chi connectivity index (χ1v) is 5.93. The molecule has 0 aromatic heterocycles. The highest BCUT2D eigenvalue weighted by atomic mass is 16.3. The van der Waals surface area contributed by atoms with Crippen molar-refractivity contribution in [3.05, 3.63) is 0 Å². The fourth-order valence-corrected chi connectivity index (χ4v) is 1.54. The van der Waals surface area contributed by atoms with E-state index >= 15 is 0 Å². The van der Waals surface area contributed by atoms with Gasteiger partial charge in [-0.1, -0.05) is 45.2 Å². The molecule has 0 saturated carbocycles. The van der Waals surface area contributed by atoms with Gasteiger partial charge in [0.15, 0.2) is 5.78 Å². The van der Waals surface area contributed by atoms with Crippen molar-refractivity contribution in [3.63, 3.8) is 0 Å². The Hall–Kier alpha value is -0.305. The van der Waals surface area contributed by atoms with Gasteiger partial charge in [-0.3, -0.25) is 4.79 Å². The number of hydrogen-bond acceptors (Lipinski definition) is 2. The third-order valence-electron chi connectivity index (χ3n) is 2.49. The van der Waals surface area contributed by atoms with Gasteiger partial charge in [-0.2, -0.15) is 0 Å². The predicted octanol–water partition coefficient (Wildman–Crippen LogP) is 2.18. The summed E-state index contributed by atoms with van der Waals surface area (Å²) in [5, 5.41) is 8.49. The molecule has 0 aromatic rings. The van der Waals surface area contributed by atoms with E-state index in [-0.39, 0.29) is 12.4 Å². The second-order valence-corrected chi connectivity index (χ2v) is 3.92. The van der Waals surface area contributed by atoms with E-state index in [1.807, 2.05) is 0 Å². The van der Waals surface area contributed by atoms with E-state index in [0.717, 1.165) is 12.8 Å². The minimum atomic E-state index is -0.281. The fraction of sp³-hybridized carbons (Fsp3) is 0.909. The Balaban J connectivity index is 2.95. The normalized spacial score (nSPS) is 10.1. The van der Waals surface area contributed by atoms with Crippen LogP contribution in [-0.2, 0) is 4.79 Å². The van der Waals surface area contributed by atoms with Gasteiger partial charge < -0.3 is 5.11 Å². The maximum absolute atomic E-state index is 10.7. The van der Waals surface area contributed by atoms with E-state index in [9.17, 15) is 4.79 Å². The molecule has 0 unspecified atom stereocenters. The van der Waals surface area contributed by atoms with Gasteiger partial charge in [0.2, 0.25) is 0 Å². The summed E-state index contributed by atoms with van der Waals surface area (Å²) in [4.78, 5) is 10.7.